The molecule has 2 aliphatic carbocycles. The van der Waals surface area contributed by atoms with E-state index in [1.54, 1.807) is 18.2 Å². The summed E-state index contributed by atoms with van der Waals surface area (Å²) < 4.78 is 50.0. The fourth-order valence-electron chi connectivity index (χ4n) is 11.5. The smallest absolute Gasteiger partial charge is 0.338 e. The molecule has 8 aliphatic heterocycles. The lowest BCUT2D eigenvalue weighted by Gasteiger charge is -2.60. The van der Waals surface area contributed by atoms with E-state index >= 15 is 0 Å². The van der Waals surface area contributed by atoms with Gasteiger partial charge in [0, 0.05) is 36.5 Å². The van der Waals surface area contributed by atoms with Gasteiger partial charge in [0.05, 0.1) is 18.8 Å². The minimum absolute atomic E-state index is 0.0414. The summed E-state index contributed by atoms with van der Waals surface area (Å²) in [6, 6.07) is 6.97. The van der Waals surface area contributed by atoms with Crippen LogP contribution in [0.4, 0.5) is 0 Å². The van der Waals surface area contributed by atoms with Crippen molar-refractivity contribution in [2.24, 2.45) is 47.3 Å². The molecule has 0 aromatic heterocycles. The summed E-state index contributed by atoms with van der Waals surface area (Å²) in [5.41, 5.74) is -0.878. The SMILES string of the molecule is C[C@H]1[C@@H](OCCOC(=O)c2cccc(OCCO[C@H]3O[C@@H]4O[C@@]5(C)CCC6[C@H](C)CC[C@@H]([C@H]3C)[C@]64OO5)c2)O[C@@H]2O[C@@]3(C)CCC4[C@H](C)CC[C@@H]1[C@]42OO3. The molecule has 2 unspecified atom stereocenters. The molecular formula is C41H58O13. The lowest BCUT2D eigenvalue weighted by molar-refractivity contribution is -0.577. The minimum Gasteiger partial charge on any atom is -0.491 e. The Morgan fingerprint density at radius 1 is 0.667 bits per heavy atom. The Kier molecular flexibility index (Phi) is 9.89. The van der Waals surface area contributed by atoms with Crippen LogP contribution in [0.15, 0.2) is 24.3 Å². The van der Waals surface area contributed by atoms with Gasteiger partial charge in [-0.3, -0.25) is 0 Å². The molecule has 0 N–H and O–H groups in total. The average Bonchev–Trinajstić information content (AvgIpc) is 3.53. The molecule has 1 aromatic carbocycles. The first-order chi connectivity index (χ1) is 25.9. The average molecular weight is 759 g/mol. The van der Waals surface area contributed by atoms with E-state index in [0.29, 0.717) is 35.7 Å². The van der Waals surface area contributed by atoms with E-state index in [9.17, 15) is 4.79 Å². The first kappa shape index (κ1) is 37.7. The lowest BCUT2D eigenvalue weighted by Crippen LogP contribution is -2.70. The highest BCUT2D eigenvalue weighted by Gasteiger charge is 2.71. The lowest BCUT2D eigenvalue weighted by atomic mass is 9.58. The number of fused-ring (bicyclic) bond motifs is 4. The summed E-state index contributed by atoms with van der Waals surface area (Å²) in [5.74, 6) is 0.454. The predicted octanol–water partition coefficient (Wildman–Crippen LogP) is 6.67. The van der Waals surface area contributed by atoms with Gasteiger partial charge < -0.3 is 37.9 Å². The molecule has 2 spiro atoms. The standard InChI is InChI=1S/C41H58O13/c1-23-10-12-31-25(3)34(47-36-40(31)29(23)14-16-38(5,49-36)51-53-40)45-20-18-43-28-9-7-8-27(22-28)33(42)44-19-21-46-35-26(4)32-13-11-24(2)30-15-17-39(6)50-37(48-35)41(30,32)54-52-39/h7-9,22-26,29-32,34-37H,10-21H2,1-6H3/t23-,24-,25-,26-,29?,30?,31+,32+,34+,35+,36-,37-,38-,39-,40-,41-/m1/s1. The van der Waals surface area contributed by atoms with Crippen LogP contribution < -0.4 is 4.74 Å². The molecule has 4 bridgehead atoms. The molecule has 0 radical (unpaired) electrons. The highest BCUT2D eigenvalue weighted by molar-refractivity contribution is 5.89. The van der Waals surface area contributed by atoms with Crippen LogP contribution in [0.5, 0.6) is 5.75 Å². The Labute approximate surface area is 318 Å². The number of hydrogen-bond acceptors (Lipinski definition) is 13. The van der Waals surface area contributed by atoms with Crippen molar-refractivity contribution in [2.45, 2.75) is 141 Å². The summed E-state index contributed by atoms with van der Waals surface area (Å²) in [4.78, 5) is 37.3. The van der Waals surface area contributed by atoms with E-state index in [1.807, 2.05) is 19.9 Å². The molecule has 10 aliphatic rings. The largest absolute Gasteiger partial charge is 0.491 e. The first-order valence-corrected chi connectivity index (χ1v) is 20.5. The van der Waals surface area contributed by atoms with Crippen LogP contribution in [0.1, 0.15) is 103 Å². The molecule has 11 rings (SSSR count). The van der Waals surface area contributed by atoms with E-state index in [1.165, 1.54) is 0 Å². The summed E-state index contributed by atoms with van der Waals surface area (Å²) in [6.07, 6.45) is 5.59. The normalized spacial score (nSPS) is 48.9. The molecule has 16 atom stereocenters. The zero-order chi connectivity index (χ0) is 37.5. The van der Waals surface area contributed by atoms with E-state index in [4.69, 9.17) is 57.4 Å². The Morgan fingerprint density at radius 3 is 1.76 bits per heavy atom. The zero-order valence-electron chi connectivity index (χ0n) is 32.5. The van der Waals surface area contributed by atoms with Gasteiger partial charge in [0.2, 0.25) is 11.6 Å². The number of carbonyl (C=O) groups is 1. The maximum absolute atomic E-state index is 13.0. The van der Waals surface area contributed by atoms with Gasteiger partial charge in [0.1, 0.15) is 19.0 Å². The van der Waals surface area contributed by atoms with Crippen LogP contribution in [0.3, 0.4) is 0 Å². The van der Waals surface area contributed by atoms with Gasteiger partial charge in [0.25, 0.3) is 0 Å². The van der Waals surface area contributed by atoms with E-state index in [-0.39, 0.29) is 49.4 Å². The fraction of sp³-hybridized carbons (Fsp3) is 0.829. The summed E-state index contributed by atoms with van der Waals surface area (Å²) in [6.45, 7) is 13.6. The van der Waals surface area contributed by atoms with Crippen LogP contribution >= 0.6 is 0 Å². The highest BCUT2D eigenvalue weighted by Crippen LogP contribution is 2.62. The van der Waals surface area contributed by atoms with E-state index in [0.717, 1.165) is 51.4 Å². The monoisotopic (exact) mass is 758 g/mol. The van der Waals surface area contributed by atoms with Crippen molar-refractivity contribution in [1.29, 1.82) is 0 Å². The zero-order valence-corrected chi connectivity index (χ0v) is 32.5. The highest BCUT2D eigenvalue weighted by atomic mass is 17.3. The molecule has 0 amide bonds. The van der Waals surface area contributed by atoms with Gasteiger partial charge in [-0.1, -0.05) is 33.8 Å². The van der Waals surface area contributed by atoms with Crippen molar-refractivity contribution < 1.29 is 62.2 Å². The van der Waals surface area contributed by atoms with Crippen molar-refractivity contribution in [3.63, 3.8) is 0 Å². The topological polar surface area (TPSA) is 128 Å². The third kappa shape index (κ3) is 6.15. The molecular weight excluding hydrogens is 700 g/mol. The first-order valence-electron chi connectivity index (χ1n) is 20.5. The third-order valence-electron chi connectivity index (χ3n) is 14.5. The van der Waals surface area contributed by atoms with Gasteiger partial charge >= 0.3 is 5.97 Å². The van der Waals surface area contributed by atoms with Crippen LogP contribution in [0.2, 0.25) is 0 Å². The number of esters is 1. The molecule has 1 aromatic rings. The molecule has 10 fully saturated rings. The quantitative estimate of drug-likeness (QED) is 0.143. The molecule has 13 nitrogen and oxygen atoms in total. The van der Waals surface area contributed by atoms with Gasteiger partial charge in [-0.05, 0) is 94.2 Å². The van der Waals surface area contributed by atoms with Crippen molar-refractivity contribution >= 4 is 5.97 Å². The second kappa shape index (κ2) is 14.2. The number of hydrogen-bond donors (Lipinski definition) is 0. The maximum atomic E-state index is 13.0. The molecule has 8 saturated heterocycles. The van der Waals surface area contributed by atoms with Gasteiger partial charge in [-0.15, -0.1) is 0 Å². The summed E-state index contributed by atoms with van der Waals surface area (Å²) in [5, 5.41) is 0. The second-order valence-corrected chi connectivity index (χ2v) is 17.8. The number of carbonyl (C=O) groups excluding carboxylic acids is 1. The van der Waals surface area contributed by atoms with Gasteiger partial charge in [-0.2, -0.15) is 0 Å². The maximum Gasteiger partial charge on any atom is 0.338 e. The Balaban J connectivity index is 0.749. The van der Waals surface area contributed by atoms with Crippen LogP contribution in [0, 0.1) is 47.3 Å². The molecule has 13 heteroatoms. The predicted molar refractivity (Wildman–Crippen MR) is 188 cm³/mol. The molecule has 8 heterocycles. The van der Waals surface area contributed by atoms with Crippen LogP contribution in [-0.2, 0) is 52.7 Å². The number of ether oxygens (including phenoxy) is 8. The summed E-state index contributed by atoms with van der Waals surface area (Å²) in [7, 11) is 0. The number of rotatable bonds is 10. The van der Waals surface area contributed by atoms with Crippen molar-refractivity contribution in [2.75, 3.05) is 26.4 Å². The van der Waals surface area contributed by atoms with Crippen molar-refractivity contribution in [3.8, 4) is 5.75 Å². The Morgan fingerprint density at radius 2 is 1.20 bits per heavy atom. The number of benzene rings is 1. The van der Waals surface area contributed by atoms with E-state index in [2.05, 4.69) is 27.7 Å². The fourth-order valence-corrected chi connectivity index (χ4v) is 11.5. The van der Waals surface area contributed by atoms with Gasteiger partial charge in [-0.25, -0.2) is 24.3 Å². The minimum atomic E-state index is -0.845. The molecule has 2 saturated carbocycles. The Hall–Kier alpha value is -1.91. The van der Waals surface area contributed by atoms with Crippen LogP contribution in [0.25, 0.3) is 0 Å². The summed E-state index contributed by atoms with van der Waals surface area (Å²) >= 11 is 0. The van der Waals surface area contributed by atoms with E-state index < -0.39 is 53.9 Å². The molecule has 300 valence electrons. The van der Waals surface area contributed by atoms with Crippen molar-refractivity contribution in [3.05, 3.63) is 29.8 Å². The van der Waals surface area contributed by atoms with Gasteiger partial charge in [0.15, 0.2) is 36.4 Å². The van der Waals surface area contributed by atoms with Crippen molar-refractivity contribution in [1.82, 2.24) is 0 Å². The third-order valence-corrected chi connectivity index (χ3v) is 14.5. The second-order valence-electron chi connectivity index (χ2n) is 17.8. The molecule has 54 heavy (non-hydrogen) atoms. The Bertz CT molecular complexity index is 1540. The van der Waals surface area contributed by atoms with Crippen LogP contribution in [-0.4, -0.2) is 80.3 Å².